The standard InChI is InChI=1S/C24H19N3O/c1-16-5-4-6-19-20(16)13-22(26-24(19)28)18-11-9-17(10-12-18)14-27-15-25-21-7-2-3-8-23(21)27/h2-13,15H,14H2,1H3,(H,26,28). The number of hydrogen-bond donors (Lipinski definition) is 1. The van der Waals surface area contributed by atoms with Crippen LogP contribution in [0.4, 0.5) is 0 Å². The third-order valence-corrected chi connectivity index (χ3v) is 5.25. The molecule has 0 aliphatic carbocycles. The number of aromatic amines is 1. The largest absolute Gasteiger partial charge is 0.326 e. The van der Waals surface area contributed by atoms with Crippen LogP contribution >= 0.6 is 0 Å². The molecule has 0 saturated carbocycles. The second kappa shape index (κ2) is 6.50. The van der Waals surface area contributed by atoms with Gasteiger partial charge in [0.25, 0.3) is 5.56 Å². The second-order valence-electron chi connectivity index (χ2n) is 7.11. The van der Waals surface area contributed by atoms with Crippen molar-refractivity contribution in [2.45, 2.75) is 13.5 Å². The number of hydrogen-bond acceptors (Lipinski definition) is 2. The highest BCUT2D eigenvalue weighted by molar-refractivity contribution is 5.87. The fraction of sp³-hybridized carbons (Fsp3) is 0.0833. The van der Waals surface area contributed by atoms with E-state index in [9.17, 15) is 4.79 Å². The molecule has 136 valence electrons. The molecule has 0 amide bonds. The topological polar surface area (TPSA) is 50.7 Å². The summed E-state index contributed by atoms with van der Waals surface area (Å²) in [6.45, 7) is 2.79. The maximum atomic E-state index is 12.5. The maximum Gasteiger partial charge on any atom is 0.256 e. The van der Waals surface area contributed by atoms with E-state index in [1.807, 2.05) is 49.6 Å². The van der Waals surface area contributed by atoms with Gasteiger partial charge in [-0.2, -0.15) is 0 Å². The molecule has 0 unspecified atom stereocenters. The Morgan fingerprint density at radius 1 is 0.929 bits per heavy atom. The molecule has 0 aliphatic heterocycles. The molecule has 2 heterocycles. The van der Waals surface area contributed by atoms with Crippen LogP contribution in [-0.4, -0.2) is 14.5 Å². The van der Waals surface area contributed by atoms with Crippen molar-refractivity contribution in [1.29, 1.82) is 0 Å². The highest BCUT2D eigenvalue weighted by Crippen LogP contribution is 2.23. The van der Waals surface area contributed by atoms with Crippen molar-refractivity contribution in [3.8, 4) is 11.3 Å². The number of aromatic nitrogens is 3. The van der Waals surface area contributed by atoms with Crippen LogP contribution in [0.1, 0.15) is 11.1 Å². The molecule has 28 heavy (non-hydrogen) atoms. The fourth-order valence-corrected chi connectivity index (χ4v) is 3.72. The Hall–Kier alpha value is -3.66. The summed E-state index contributed by atoms with van der Waals surface area (Å²) in [6, 6.07) is 24.3. The Kier molecular flexibility index (Phi) is 3.83. The Bertz CT molecular complexity index is 1360. The minimum atomic E-state index is -0.0508. The Morgan fingerprint density at radius 2 is 1.75 bits per heavy atom. The summed E-state index contributed by atoms with van der Waals surface area (Å²) < 4.78 is 2.14. The molecule has 2 aromatic heterocycles. The predicted molar refractivity (Wildman–Crippen MR) is 114 cm³/mol. The van der Waals surface area contributed by atoms with Gasteiger partial charge in [0.1, 0.15) is 0 Å². The van der Waals surface area contributed by atoms with E-state index in [1.165, 1.54) is 5.56 Å². The number of rotatable bonds is 3. The van der Waals surface area contributed by atoms with Gasteiger partial charge in [-0.05, 0) is 53.3 Å². The van der Waals surface area contributed by atoms with Crippen LogP contribution in [0.5, 0.6) is 0 Å². The number of fused-ring (bicyclic) bond motifs is 2. The quantitative estimate of drug-likeness (QED) is 0.494. The zero-order valence-corrected chi connectivity index (χ0v) is 15.5. The van der Waals surface area contributed by atoms with E-state index in [4.69, 9.17) is 0 Å². The van der Waals surface area contributed by atoms with Crippen LogP contribution in [0.3, 0.4) is 0 Å². The van der Waals surface area contributed by atoms with Crippen LogP contribution in [-0.2, 0) is 6.54 Å². The first-order chi connectivity index (χ1) is 13.7. The van der Waals surface area contributed by atoms with Gasteiger partial charge in [0.2, 0.25) is 0 Å². The van der Waals surface area contributed by atoms with Gasteiger partial charge in [0.15, 0.2) is 0 Å². The fourth-order valence-electron chi connectivity index (χ4n) is 3.72. The molecule has 3 aromatic carbocycles. The second-order valence-corrected chi connectivity index (χ2v) is 7.11. The van der Waals surface area contributed by atoms with Gasteiger partial charge >= 0.3 is 0 Å². The van der Waals surface area contributed by atoms with Gasteiger partial charge in [-0.3, -0.25) is 4.79 Å². The van der Waals surface area contributed by atoms with Crippen molar-refractivity contribution in [3.63, 3.8) is 0 Å². The Morgan fingerprint density at radius 3 is 2.61 bits per heavy atom. The molecule has 4 nitrogen and oxygen atoms in total. The molecule has 0 atom stereocenters. The van der Waals surface area contributed by atoms with E-state index < -0.39 is 0 Å². The highest BCUT2D eigenvalue weighted by Gasteiger charge is 2.07. The number of pyridine rings is 1. The van der Waals surface area contributed by atoms with Crippen molar-refractivity contribution >= 4 is 21.8 Å². The minimum Gasteiger partial charge on any atom is -0.326 e. The first kappa shape index (κ1) is 16.5. The number of nitrogens with zero attached hydrogens (tertiary/aromatic N) is 2. The Balaban J connectivity index is 1.49. The van der Waals surface area contributed by atoms with Gasteiger partial charge in [-0.15, -0.1) is 0 Å². The molecule has 0 spiro atoms. The molecule has 0 aliphatic rings. The number of imidazole rings is 1. The van der Waals surface area contributed by atoms with E-state index in [1.54, 1.807) is 0 Å². The monoisotopic (exact) mass is 365 g/mol. The molecular weight excluding hydrogens is 346 g/mol. The predicted octanol–water partition coefficient (Wildman–Crippen LogP) is 4.90. The number of para-hydroxylation sites is 2. The lowest BCUT2D eigenvalue weighted by Gasteiger charge is -2.08. The number of H-pyrrole nitrogens is 1. The molecule has 1 N–H and O–H groups in total. The smallest absolute Gasteiger partial charge is 0.256 e. The lowest BCUT2D eigenvalue weighted by Crippen LogP contribution is -2.07. The van der Waals surface area contributed by atoms with E-state index in [0.717, 1.165) is 45.2 Å². The average molecular weight is 365 g/mol. The van der Waals surface area contributed by atoms with Gasteiger partial charge in [-0.1, -0.05) is 48.5 Å². The van der Waals surface area contributed by atoms with Crippen LogP contribution < -0.4 is 5.56 Å². The summed E-state index contributed by atoms with van der Waals surface area (Å²) in [4.78, 5) is 19.9. The third-order valence-electron chi connectivity index (χ3n) is 5.25. The minimum absolute atomic E-state index is 0.0508. The summed E-state index contributed by atoms with van der Waals surface area (Å²) >= 11 is 0. The van der Waals surface area contributed by atoms with Gasteiger partial charge in [0.05, 0.1) is 17.4 Å². The molecular formula is C24H19N3O. The van der Waals surface area contributed by atoms with Crippen LogP contribution in [0.2, 0.25) is 0 Å². The van der Waals surface area contributed by atoms with Crippen molar-refractivity contribution in [2.75, 3.05) is 0 Å². The maximum absolute atomic E-state index is 12.5. The number of benzene rings is 3. The zero-order chi connectivity index (χ0) is 19.1. The van der Waals surface area contributed by atoms with Crippen molar-refractivity contribution in [3.05, 3.63) is 101 Å². The first-order valence-electron chi connectivity index (χ1n) is 9.31. The lowest BCUT2D eigenvalue weighted by atomic mass is 10.0. The summed E-state index contributed by atoms with van der Waals surface area (Å²) in [6.07, 6.45) is 1.88. The van der Waals surface area contributed by atoms with Gasteiger partial charge < -0.3 is 9.55 Å². The van der Waals surface area contributed by atoms with Crippen LogP contribution in [0, 0.1) is 6.92 Å². The molecule has 4 heteroatoms. The van der Waals surface area contributed by atoms with Crippen molar-refractivity contribution < 1.29 is 0 Å². The van der Waals surface area contributed by atoms with E-state index >= 15 is 0 Å². The molecule has 0 saturated heterocycles. The van der Waals surface area contributed by atoms with E-state index in [0.29, 0.717) is 0 Å². The molecule has 0 fully saturated rings. The highest BCUT2D eigenvalue weighted by atomic mass is 16.1. The van der Waals surface area contributed by atoms with E-state index in [2.05, 4.69) is 50.9 Å². The Labute approximate surface area is 162 Å². The van der Waals surface area contributed by atoms with Gasteiger partial charge in [0, 0.05) is 17.6 Å². The molecule has 5 aromatic rings. The summed E-state index contributed by atoms with van der Waals surface area (Å²) in [5.41, 5.74) is 6.21. The van der Waals surface area contributed by atoms with Crippen molar-refractivity contribution in [1.82, 2.24) is 14.5 Å². The van der Waals surface area contributed by atoms with Crippen LogP contribution in [0.15, 0.2) is 83.9 Å². The first-order valence-corrected chi connectivity index (χ1v) is 9.31. The molecule has 0 radical (unpaired) electrons. The normalized spacial score (nSPS) is 11.3. The zero-order valence-electron chi connectivity index (χ0n) is 15.5. The summed E-state index contributed by atoms with van der Waals surface area (Å²) in [7, 11) is 0. The van der Waals surface area contributed by atoms with Crippen molar-refractivity contribution in [2.24, 2.45) is 0 Å². The number of nitrogens with one attached hydrogen (secondary N) is 1. The molecule has 0 bridgehead atoms. The lowest BCUT2D eigenvalue weighted by molar-refractivity contribution is 0.824. The molecule has 5 rings (SSSR count). The van der Waals surface area contributed by atoms with Crippen LogP contribution in [0.25, 0.3) is 33.1 Å². The third kappa shape index (κ3) is 2.79. The number of aryl methyl sites for hydroxylation is 1. The SMILES string of the molecule is Cc1cccc2c(=O)[nH]c(-c3ccc(Cn4cnc5ccccc54)cc3)cc12. The summed E-state index contributed by atoms with van der Waals surface area (Å²) in [5.74, 6) is 0. The van der Waals surface area contributed by atoms with Gasteiger partial charge in [-0.25, -0.2) is 4.98 Å². The van der Waals surface area contributed by atoms with E-state index in [-0.39, 0.29) is 5.56 Å². The average Bonchev–Trinajstić information content (AvgIpc) is 3.12. The summed E-state index contributed by atoms with van der Waals surface area (Å²) in [5, 5.41) is 1.72.